The molecule has 11 nitrogen and oxygen atoms in total. The number of hydrogen-bond acceptors (Lipinski definition) is 7. The Morgan fingerprint density at radius 2 is 0.843 bits per heavy atom. The van der Waals surface area contributed by atoms with Crippen LogP contribution in [-0.4, -0.2) is 44.2 Å². The van der Waals surface area contributed by atoms with Crippen molar-refractivity contribution in [2.75, 3.05) is 4.90 Å². The second-order valence-electron chi connectivity index (χ2n) is 23.1. The standard InChI is InChI=1S/C36H41N5O.C34H36N4O.2Pt/c1-25(2)17-29-12-8-13-30(18-26(3)4)36(29)40-21-34(37-24-40)28-11-9-15-32(19-28)42-33-16-10-14-31(20-33)41(27(5)6)35-22-39(7)23-38-35;1-24(2)15-28-11-7-12-29(16-25(3)4)34(28)38-21-33(36-23-38)27-10-8-14-32(19-27)39-31-13-6-9-26(18-31)17-30-20-37(5)22-35-30;;/h8-16,21-27H,17-18H2,1-7H3;6-14,20-25H,15-17H2,1-5H3;;/q2*-2;2*+2. The van der Waals surface area contributed by atoms with Crippen molar-refractivity contribution in [1.29, 1.82) is 0 Å². The van der Waals surface area contributed by atoms with Crippen molar-refractivity contribution in [3.05, 3.63) is 217 Å². The number of aromatic nitrogens is 8. The molecular formula is C70H77N9O2Pt2. The van der Waals surface area contributed by atoms with Gasteiger partial charge in [-0.15, -0.1) is 77.9 Å². The molecule has 10 aromatic rings. The van der Waals surface area contributed by atoms with Crippen molar-refractivity contribution >= 4 is 11.5 Å². The normalized spacial score (nSPS) is 11.2. The van der Waals surface area contributed by atoms with E-state index < -0.39 is 0 Å². The van der Waals surface area contributed by atoms with Crippen LogP contribution in [0.1, 0.15) is 103 Å². The summed E-state index contributed by atoms with van der Waals surface area (Å²) in [6, 6.07) is 50.9. The molecule has 0 amide bonds. The minimum atomic E-state index is 0. The molecule has 0 aliphatic carbocycles. The first-order valence-corrected chi connectivity index (χ1v) is 28.5. The monoisotopic (exact) mass is 1470 g/mol. The Bertz CT molecular complexity index is 3600. The molecule has 10 rings (SSSR count). The molecule has 434 valence electrons. The average molecular weight is 1470 g/mol. The summed E-state index contributed by atoms with van der Waals surface area (Å²) < 4.78 is 20.7. The van der Waals surface area contributed by atoms with Crippen LogP contribution in [0.25, 0.3) is 33.9 Å². The molecule has 4 heterocycles. The number of benzene rings is 6. The second kappa shape index (κ2) is 29.5. The first-order valence-electron chi connectivity index (χ1n) is 28.5. The number of anilines is 2. The minimum absolute atomic E-state index is 0. The third-order valence-electron chi connectivity index (χ3n) is 13.6. The van der Waals surface area contributed by atoms with E-state index in [1.807, 2.05) is 127 Å². The van der Waals surface area contributed by atoms with E-state index in [4.69, 9.17) is 19.4 Å². The smallest absolute Gasteiger partial charge is 0.503 e. The number of aryl methyl sites for hydroxylation is 2. The Morgan fingerprint density at radius 3 is 1.27 bits per heavy atom. The van der Waals surface area contributed by atoms with Crippen molar-refractivity contribution in [2.24, 2.45) is 37.8 Å². The fraction of sp³-hybridized carbons (Fsp3) is 0.314. The van der Waals surface area contributed by atoms with Gasteiger partial charge in [-0.1, -0.05) is 110 Å². The van der Waals surface area contributed by atoms with Gasteiger partial charge in [0.1, 0.15) is 5.82 Å². The molecule has 0 aliphatic heterocycles. The molecule has 0 unspecified atom stereocenters. The molecule has 0 fully saturated rings. The van der Waals surface area contributed by atoms with Gasteiger partial charge in [0.05, 0.1) is 42.4 Å². The predicted molar refractivity (Wildman–Crippen MR) is 327 cm³/mol. The van der Waals surface area contributed by atoms with E-state index in [9.17, 15) is 0 Å². The van der Waals surface area contributed by atoms with E-state index in [1.54, 1.807) is 6.33 Å². The van der Waals surface area contributed by atoms with E-state index in [-0.39, 0.29) is 48.2 Å². The molecule has 0 saturated carbocycles. The zero-order chi connectivity index (χ0) is 57.2. The largest absolute Gasteiger partial charge is 2.00 e. The summed E-state index contributed by atoms with van der Waals surface area (Å²) in [5, 5.41) is 0. The van der Waals surface area contributed by atoms with Crippen LogP contribution in [-0.2, 0) is 88.3 Å². The van der Waals surface area contributed by atoms with Crippen LogP contribution < -0.4 is 14.4 Å². The van der Waals surface area contributed by atoms with E-state index in [1.165, 1.54) is 33.6 Å². The first-order chi connectivity index (χ1) is 39.0. The summed E-state index contributed by atoms with van der Waals surface area (Å²) in [5.74, 6) is 5.67. The number of imidazole rings is 4. The summed E-state index contributed by atoms with van der Waals surface area (Å²) in [7, 11) is 3.94. The fourth-order valence-electron chi connectivity index (χ4n) is 10.3. The van der Waals surface area contributed by atoms with Gasteiger partial charge in [0, 0.05) is 66.9 Å². The molecule has 4 aromatic heterocycles. The summed E-state index contributed by atoms with van der Waals surface area (Å²) in [6.45, 7) is 22.4. The maximum absolute atomic E-state index is 6.27. The van der Waals surface area contributed by atoms with Gasteiger partial charge in [-0.2, -0.15) is 23.8 Å². The van der Waals surface area contributed by atoms with Gasteiger partial charge < -0.3 is 32.6 Å². The molecular weight excluding hydrogens is 1390 g/mol. The molecule has 0 bridgehead atoms. The second-order valence-corrected chi connectivity index (χ2v) is 23.1. The van der Waals surface area contributed by atoms with Crippen LogP contribution in [0.5, 0.6) is 23.0 Å². The zero-order valence-electron chi connectivity index (χ0n) is 49.9. The number of rotatable bonds is 21. The Hall–Kier alpha value is -7.06. The van der Waals surface area contributed by atoms with Crippen LogP contribution in [0.3, 0.4) is 0 Å². The SMILES string of the molecule is CC(C)Cc1cccc(CC(C)C)c1-n1cnc(-c2[c-]c(Oc3[c-]c(Cc4cn(C)cn4)ccc3)ccc2)c1.CC(C)Cc1cccc(CC(C)C)c1-n1cnc(-c2[c-]c(Oc3[c-]c(N(c4cn(C)cn4)C(C)C)ccc3)ccc2)c1.[Pt+2].[Pt+2]. The summed E-state index contributed by atoms with van der Waals surface area (Å²) in [6.07, 6.45) is 20.5. The summed E-state index contributed by atoms with van der Waals surface area (Å²) in [4.78, 5) is 20.7. The van der Waals surface area contributed by atoms with Crippen LogP contribution in [0.2, 0.25) is 0 Å². The van der Waals surface area contributed by atoms with Crippen molar-refractivity contribution in [3.8, 4) is 56.9 Å². The van der Waals surface area contributed by atoms with Gasteiger partial charge >= 0.3 is 42.1 Å². The maximum atomic E-state index is 6.27. The van der Waals surface area contributed by atoms with Gasteiger partial charge in [-0.25, -0.2) is 9.97 Å². The molecule has 6 aromatic carbocycles. The number of para-hydroxylation sites is 2. The zero-order valence-corrected chi connectivity index (χ0v) is 54.5. The maximum Gasteiger partial charge on any atom is 2.00 e. The molecule has 0 N–H and O–H groups in total. The van der Waals surface area contributed by atoms with Crippen molar-refractivity contribution < 1.29 is 51.6 Å². The molecule has 0 spiro atoms. The van der Waals surface area contributed by atoms with Crippen LogP contribution in [0, 0.1) is 47.9 Å². The Labute approximate surface area is 521 Å². The quantitative estimate of drug-likeness (QED) is 0.0662. The van der Waals surface area contributed by atoms with Crippen LogP contribution in [0.4, 0.5) is 11.5 Å². The van der Waals surface area contributed by atoms with Crippen LogP contribution in [0.15, 0.2) is 159 Å². The third kappa shape index (κ3) is 17.0. The number of hydrogen-bond donors (Lipinski definition) is 0. The fourth-order valence-corrected chi connectivity index (χ4v) is 10.3. The van der Waals surface area contributed by atoms with Crippen LogP contribution >= 0.6 is 0 Å². The Balaban J connectivity index is 0.000000234. The summed E-state index contributed by atoms with van der Waals surface area (Å²) >= 11 is 0. The minimum Gasteiger partial charge on any atom is -0.503 e. The average Bonchev–Trinajstić information content (AvgIpc) is 4.06. The molecule has 0 radical (unpaired) electrons. The molecule has 0 saturated heterocycles. The van der Waals surface area contributed by atoms with Gasteiger partial charge in [0.2, 0.25) is 0 Å². The third-order valence-corrected chi connectivity index (χ3v) is 13.6. The van der Waals surface area contributed by atoms with Crippen molar-refractivity contribution in [3.63, 3.8) is 0 Å². The van der Waals surface area contributed by atoms with Crippen molar-refractivity contribution in [1.82, 2.24) is 38.2 Å². The van der Waals surface area contributed by atoms with Gasteiger partial charge in [0.25, 0.3) is 0 Å². The van der Waals surface area contributed by atoms with E-state index in [2.05, 4.69) is 166 Å². The Kier molecular flexibility index (Phi) is 22.5. The molecule has 0 aliphatic rings. The van der Waals surface area contributed by atoms with Crippen molar-refractivity contribution in [2.45, 2.75) is 107 Å². The summed E-state index contributed by atoms with van der Waals surface area (Å²) in [5.41, 5.74) is 14.3. The predicted octanol–water partition coefficient (Wildman–Crippen LogP) is 16.3. The van der Waals surface area contributed by atoms with E-state index in [0.29, 0.717) is 53.1 Å². The van der Waals surface area contributed by atoms with Gasteiger partial charge in [-0.3, -0.25) is 9.97 Å². The van der Waals surface area contributed by atoms with E-state index >= 15 is 0 Å². The van der Waals surface area contributed by atoms with Gasteiger partial charge in [-0.05, 0) is 104 Å². The van der Waals surface area contributed by atoms with E-state index in [0.717, 1.165) is 71.0 Å². The number of ether oxygens (including phenoxy) is 2. The van der Waals surface area contributed by atoms with Gasteiger partial charge in [0.15, 0.2) is 0 Å². The Morgan fingerprint density at radius 1 is 0.434 bits per heavy atom. The molecule has 0 atom stereocenters. The molecule has 13 heteroatoms. The topological polar surface area (TPSA) is 93.0 Å². The molecule has 83 heavy (non-hydrogen) atoms. The number of nitrogens with zero attached hydrogens (tertiary/aromatic N) is 9. The first kappa shape index (κ1) is 63.5.